The predicted molar refractivity (Wildman–Crippen MR) is 116 cm³/mol. The SMILES string of the molecule is COc1cc(C=NNC(=O)c2cccnc2)ccc1OC(=O)c1ccccc1I. The molecule has 0 radical (unpaired) electrons. The van der Waals surface area contributed by atoms with Crippen molar-refractivity contribution in [1.29, 1.82) is 0 Å². The van der Waals surface area contributed by atoms with Crippen molar-refractivity contribution < 1.29 is 19.1 Å². The van der Waals surface area contributed by atoms with Gasteiger partial charge in [-0.2, -0.15) is 5.10 Å². The lowest BCUT2D eigenvalue weighted by Crippen LogP contribution is -2.17. The molecule has 0 bridgehead atoms. The standard InChI is InChI=1S/C21H16IN3O4/c1-28-19-11-14(12-24-25-20(26)15-5-4-10-23-13-15)8-9-18(19)29-21(27)16-6-2-3-7-17(16)22/h2-13H,1H3,(H,25,26). The van der Waals surface area contributed by atoms with E-state index in [-0.39, 0.29) is 11.7 Å². The van der Waals surface area contributed by atoms with E-state index in [0.29, 0.717) is 22.4 Å². The summed E-state index contributed by atoms with van der Waals surface area (Å²) in [5, 5.41) is 3.93. The molecule has 1 N–H and O–H groups in total. The van der Waals surface area contributed by atoms with Crippen LogP contribution in [0.5, 0.6) is 11.5 Å². The van der Waals surface area contributed by atoms with Crippen LogP contribution in [0, 0.1) is 3.57 Å². The van der Waals surface area contributed by atoms with Crippen molar-refractivity contribution >= 4 is 40.7 Å². The number of hydrazone groups is 1. The van der Waals surface area contributed by atoms with Gasteiger partial charge in [0.15, 0.2) is 11.5 Å². The number of carbonyl (C=O) groups is 2. The molecule has 0 aliphatic heterocycles. The smallest absolute Gasteiger partial charge is 0.344 e. The van der Waals surface area contributed by atoms with Crippen LogP contribution < -0.4 is 14.9 Å². The van der Waals surface area contributed by atoms with Gasteiger partial charge in [0.1, 0.15) is 0 Å². The first-order valence-electron chi connectivity index (χ1n) is 8.46. The first-order chi connectivity index (χ1) is 14.1. The maximum atomic E-state index is 12.4. The van der Waals surface area contributed by atoms with Gasteiger partial charge < -0.3 is 9.47 Å². The zero-order valence-corrected chi connectivity index (χ0v) is 17.5. The maximum Gasteiger partial charge on any atom is 0.344 e. The van der Waals surface area contributed by atoms with Crippen LogP contribution in [0.4, 0.5) is 0 Å². The minimum atomic E-state index is -0.474. The van der Waals surface area contributed by atoms with Crippen molar-refractivity contribution in [1.82, 2.24) is 10.4 Å². The Morgan fingerprint density at radius 2 is 1.93 bits per heavy atom. The summed E-state index contributed by atoms with van der Waals surface area (Å²) in [6.07, 6.45) is 4.49. The summed E-state index contributed by atoms with van der Waals surface area (Å²) in [4.78, 5) is 28.2. The summed E-state index contributed by atoms with van der Waals surface area (Å²) < 4.78 is 11.6. The number of nitrogens with one attached hydrogen (secondary N) is 1. The van der Waals surface area contributed by atoms with Gasteiger partial charge in [0.25, 0.3) is 5.91 Å². The van der Waals surface area contributed by atoms with Gasteiger partial charge in [-0.1, -0.05) is 12.1 Å². The second kappa shape index (κ2) is 9.78. The number of methoxy groups -OCH3 is 1. The van der Waals surface area contributed by atoms with Crippen LogP contribution in [-0.2, 0) is 0 Å². The number of carbonyl (C=O) groups excluding carboxylic acids is 2. The van der Waals surface area contributed by atoms with E-state index in [0.717, 1.165) is 3.57 Å². The van der Waals surface area contributed by atoms with Crippen molar-refractivity contribution in [3.8, 4) is 11.5 Å². The van der Waals surface area contributed by atoms with Crippen LogP contribution in [0.15, 0.2) is 72.1 Å². The van der Waals surface area contributed by atoms with E-state index < -0.39 is 5.97 Å². The van der Waals surface area contributed by atoms with E-state index in [1.165, 1.54) is 19.5 Å². The molecule has 0 unspecified atom stereocenters. The van der Waals surface area contributed by atoms with E-state index in [1.54, 1.807) is 48.7 Å². The lowest BCUT2D eigenvalue weighted by molar-refractivity contribution is 0.0728. The van der Waals surface area contributed by atoms with E-state index in [4.69, 9.17) is 9.47 Å². The maximum absolute atomic E-state index is 12.4. The van der Waals surface area contributed by atoms with Crippen LogP contribution >= 0.6 is 22.6 Å². The van der Waals surface area contributed by atoms with E-state index in [1.807, 2.05) is 12.1 Å². The van der Waals surface area contributed by atoms with Gasteiger partial charge in [-0.3, -0.25) is 9.78 Å². The third-order valence-corrected chi connectivity index (χ3v) is 4.73. The Labute approximate surface area is 180 Å². The van der Waals surface area contributed by atoms with Crippen LogP contribution in [-0.4, -0.2) is 30.2 Å². The Kier molecular flexibility index (Phi) is 6.90. The molecule has 3 aromatic rings. The fraction of sp³-hybridized carbons (Fsp3) is 0.0476. The number of halogens is 1. The molecule has 8 heteroatoms. The summed E-state index contributed by atoms with van der Waals surface area (Å²) in [7, 11) is 1.48. The minimum Gasteiger partial charge on any atom is -0.493 e. The monoisotopic (exact) mass is 501 g/mol. The predicted octanol–water partition coefficient (Wildman–Crippen LogP) is 3.68. The Morgan fingerprint density at radius 1 is 1.10 bits per heavy atom. The average molecular weight is 501 g/mol. The number of benzene rings is 2. The number of esters is 1. The molecule has 0 saturated carbocycles. The number of pyridine rings is 1. The Balaban J connectivity index is 1.69. The van der Waals surface area contributed by atoms with Crippen molar-refractivity contribution in [3.63, 3.8) is 0 Å². The van der Waals surface area contributed by atoms with E-state index >= 15 is 0 Å². The highest BCUT2D eigenvalue weighted by Gasteiger charge is 2.15. The van der Waals surface area contributed by atoms with Crippen molar-refractivity contribution in [3.05, 3.63) is 87.3 Å². The number of aromatic nitrogens is 1. The molecule has 0 spiro atoms. The zero-order valence-electron chi connectivity index (χ0n) is 15.3. The van der Waals surface area contributed by atoms with Crippen molar-refractivity contribution in [2.45, 2.75) is 0 Å². The molecule has 0 aliphatic carbocycles. The van der Waals surface area contributed by atoms with E-state index in [2.05, 4.69) is 38.1 Å². The molecule has 2 aromatic carbocycles. The normalized spacial score (nSPS) is 10.6. The summed E-state index contributed by atoms with van der Waals surface area (Å²) in [6, 6.07) is 15.4. The molecule has 1 aromatic heterocycles. The molecule has 0 saturated heterocycles. The lowest BCUT2D eigenvalue weighted by Gasteiger charge is -2.10. The second-order valence-corrected chi connectivity index (χ2v) is 6.88. The third kappa shape index (κ3) is 5.38. The fourth-order valence-electron chi connectivity index (χ4n) is 2.36. The van der Waals surface area contributed by atoms with Gasteiger partial charge in [0, 0.05) is 16.0 Å². The summed E-state index contributed by atoms with van der Waals surface area (Å²) >= 11 is 2.08. The largest absolute Gasteiger partial charge is 0.493 e. The number of amides is 1. The number of hydrogen-bond acceptors (Lipinski definition) is 6. The molecule has 0 atom stereocenters. The highest BCUT2D eigenvalue weighted by atomic mass is 127. The minimum absolute atomic E-state index is 0.286. The Hall–Kier alpha value is -3.27. The van der Waals surface area contributed by atoms with E-state index in [9.17, 15) is 9.59 Å². The molecule has 0 aliphatic rings. The van der Waals surface area contributed by atoms with Crippen molar-refractivity contribution in [2.75, 3.05) is 7.11 Å². The van der Waals surface area contributed by atoms with Gasteiger partial charge in [0.05, 0.1) is 24.5 Å². The Morgan fingerprint density at radius 3 is 2.66 bits per heavy atom. The van der Waals surface area contributed by atoms with Gasteiger partial charge in [-0.05, 0) is 70.6 Å². The summed E-state index contributed by atoms with van der Waals surface area (Å²) in [6.45, 7) is 0. The molecular weight excluding hydrogens is 485 g/mol. The molecule has 3 rings (SSSR count). The lowest BCUT2D eigenvalue weighted by atomic mass is 10.2. The summed E-state index contributed by atoms with van der Waals surface area (Å²) in [5.41, 5.74) is 3.95. The number of rotatable bonds is 6. The zero-order chi connectivity index (χ0) is 20.6. The second-order valence-electron chi connectivity index (χ2n) is 5.72. The van der Waals surface area contributed by atoms with Crippen LogP contribution in [0.1, 0.15) is 26.3 Å². The van der Waals surface area contributed by atoms with Crippen LogP contribution in [0.2, 0.25) is 0 Å². The highest BCUT2D eigenvalue weighted by Crippen LogP contribution is 2.28. The molecule has 0 fully saturated rings. The van der Waals surface area contributed by atoms with Crippen LogP contribution in [0.25, 0.3) is 0 Å². The number of nitrogens with zero attached hydrogens (tertiary/aromatic N) is 2. The fourth-order valence-corrected chi connectivity index (χ4v) is 2.97. The molecular formula is C21H16IN3O4. The van der Waals surface area contributed by atoms with Gasteiger partial charge >= 0.3 is 5.97 Å². The average Bonchev–Trinajstić information content (AvgIpc) is 2.75. The molecule has 7 nitrogen and oxygen atoms in total. The first-order valence-corrected chi connectivity index (χ1v) is 9.54. The number of ether oxygens (including phenoxy) is 2. The topological polar surface area (TPSA) is 89.9 Å². The molecule has 29 heavy (non-hydrogen) atoms. The van der Waals surface area contributed by atoms with Gasteiger partial charge in [-0.25, -0.2) is 10.2 Å². The molecule has 146 valence electrons. The van der Waals surface area contributed by atoms with Crippen LogP contribution in [0.3, 0.4) is 0 Å². The first kappa shape index (κ1) is 20.5. The molecule has 1 heterocycles. The molecule has 1 amide bonds. The summed E-state index contributed by atoms with van der Waals surface area (Å²) in [5.74, 6) is -0.191. The van der Waals surface area contributed by atoms with Gasteiger partial charge in [0.2, 0.25) is 0 Å². The highest BCUT2D eigenvalue weighted by molar-refractivity contribution is 14.1. The Bertz CT molecular complexity index is 1050. The third-order valence-electron chi connectivity index (χ3n) is 3.79. The quantitative estimate of drug-likeness (QED) is 0.183. The number of hydrogen-bond donors (Lipinski definition) is 1. The van der Waals surface area contributed by atoms with Crippen molar-refractivity contribution in [2.24, 2.45) is 5.10 Å². The van der Waals surface area contributed by atoms with Gasteiger partial charge in [-0.15, -0.1) is 0 Å².